The molecule has 0 aliphatic carbocycles. The topological polar surface area (TPSA) is 59.6 Å². The summed E-state index contributed by atoms with van der Waals surface area (Å²) < 4.78 is 31.9. The van der Waals surface area contributed by atoms with Crippen molar-refractivity contribution >= 4 is 5.90 Å². The van der Waals surface area contributed by atoms with Crippen LogP contribution in [0.3, 0.4) is 0 Å². The Morgan fingerprint density at radius 2 is 2.06 bits per heavy atom. The first-order valence-corrected chi connectivity index (χ1v) is 5.47. The molecule has 1 aliphatic rings. The molecule has 0 saturated carbocycles. The van der Waals surface area contributed by atoms with Crippen LogP contribution in [0.2, 0.25) is 0 Å². The summed E-state index contributed by atoms with van der Waals surface area (Å²) >= 11 is 0. The molecule has 18 heavy (non-hydrogen) atoms. The molecule has 0 fully saturated rings. The third-order valence-corrected chi connectivity index (χ3v) is 2.66. The second-order valence-electron chi connectivity index (χ2n) is 4.01. The van der Waals surface area contributed by atoms with E-state index in [4.69, 9.17) is 10.6 Å². The van der Waals surface area contributed by atoms with Gasteiger partial charge in [-0.1, -0.05) is 13.0 Å². The van der Waals surface area contributed by atoms with E-state index in [2.05, 4.69) is 10.4 Å². The zero-order chi connectivity index (χ0) is 13.1. The number of nitrogens with two attached hydrogens (primary N) is 1. The number of hydrogen-bond donors (Lipinski definition) is 2. The SMILES string of the molecule is CC1CC(Oc2c(F)cccc2F)=NC=C1NN. The van der Waals surface area contributed by atoms with Crippen LogP contribution >= 0.6 is 0 Å². The van der Waals surface area contributed by atoms with Crippen LogP contribution in [-0.2, 0) is 0 Å². The fraction of sp³-hybridized carbons (Fsp3) is 0.250. The van der Waals surface area contributed by atoms with Crippen LogP contribution in [-0.4, -0.2) is 5.90 Å². The van der Waals surface area contributed by atoms with Gasteiger partial charge in [-0.25, -0.2) is 13.8 Å². The van der Waals surface area contributed by atoms with Crippen LogP contribution in [0.15, 0.2) is 35.1 Å². The summed E-state index contributed by atoms with van der Waals surface area (Å²) in [6.07, 6.45) is 1.91. The van der Waals surface area contributed by atoms with Crippen molar-refractivity contribution in [2.45, 2.75) is 13.3 Å². The molecule has 6 heteroatoms. The van der Waals surface area contributed by atoms with Crippen LogP contribution in [0.5, 0.6) is 5.75 Å². The van der Waals surface area contributed by atoms with Gasteiger partial charge in [0.15, 0.2) is 23.3 Å². The van der Waals surface area contributed by atoms with Crippen LogP contribution in [0.25, 0.3) is 0 Å². The minimum atomic E-state index is -0.753. The first-order chi connectivity index (χ1) is 8.61. The molecule has 1 aromatic carbocycles. The van der Waals surface area contributed by atoms with Gasteiger partial charge < -0.3 is 10.2 Å². The minimum Gasteiger partial charge on any atom is -0.437 e. The van der Waals surface area contributed by atoms with Gasteiger partial charge in [0.05, 0.1) is 6.20 Å². The second kappa shape index (κ2) is 5.14. The Hall–Kier alpha value is -1.95. The largest absolute Gasteiger partial charge is 0.437 e. The van der Waals surface area contributed by atoms with Crippen molar-refractivity contribution in [3.8, 4) is 5.75 Å². The van der Waals surface area contributed by atoms with Gasteiger partial charge in [0.1, 0.15) is 0 Å². The van der Waals surface area contributed by atoms with Gasteiger partial charge in [-0.3, -0.25) is 5.84 Å². The number of benzene rings is 1. The van der Waals surface area contributed by atoms with Crippen molar-refractivity contribution in [2.75, 3.05) is 0 Å². The monoisotopic (exact) mass is 253 g/mol. The summed E-state index contributed by atoms with van der Waals surface area (Å²) in [5.74, 6) is 3.66. The maximum atomic E-state index is 13.4. The molecule has 1 aliphatic heterocycles. The average molecular weight is 253 g/mol. The zero-order valence-electron chi connectivity index (χ0n) is 9.78. The number of allylic oxidation sites excluding steroid dienone is 1. The summed E-state index contributed by atoms with van der Waals surface area (Å²) in [6, 6.07) is 3.54. The van der Waals surface area contributed by atoms with E-state index in [0.29, 0.717) is 6.42 Å². The van der Waals surface area contributed by atoms with Crippen molar-refractivity contribution in [1.29, 1.82) is 0 Å². The van der Waals surface area contributed by atoms with Crippen LogP contribution in [0, 0.1) is 17.6 Å². The van der Waals surface area contributed by atoms with Crippen LogP contribution < -0.4 is 16.0 Å². The minimum absolute atomic E-state index is 0.0531. The number of nitrogens with one attached hydrogen (secondary N) is 1. The first kappa shape index (κ1) is 12.5. The van der Waals surface area contributed by atoms with E-state index >= 15 is 0 Å². The van der Waals surface area contributed by atoms with E-state index in [1.54, 1.807) is 0 Å². The molecule has 0 saturated heterocycles. The predicted octanol–water partition coefficient (Wildman–Crippen LogP) is 2.09. The Bertz CT molecular complexity index is 494. The van der Waals surface area contributed by atoms with Crippen molar-refractivity contribution in [3.63, 3.8) is 0 Å². The fourth-order valence-corrected chi connectivity index (χ4v) is 1.64. The summed E-state index contributed by atoms with van der Waals surface area (Å²) in [5, 5.41) is 0. The number of rotatable bonds is 2. The molecule has 1 unspecified atom stereocenters. The second-order valence-corrected chi connectivity index (χ2v) is 4.01. The Labute approximate surface area is 103 Å². The predicted molar refractivity (Wildman–Crippen MR) is 63.6 cm³/mol. The van der Waals surface area contributed by atoms with Crippen LogP contribution in [0.1, 0.15) is 13.3 Å². The molecule has 1 aromatic rings. The van der Waals surface area contributed by atoms with Crippen molar-refractivity contribution in [3.05, 3.63) is 41.7 Å². The Balaban J connectivity index is 2.21. The normalized spacial score (nSPS) is 19.0. The van der Waals surface area contributed by atoms with Gasteiger partial charge in [0.2, 0.25) is 0 Å². The molecule has 0 radical (unpaired) electrons. The molecule has 3 N–H and O–H groups in total. The van der Waals surface area contributed by atoms with E-state index < -0.39 is 17.4 Å². The molecule has 0 amide bonds. The smallest absolute Gasteiger partial charge is 0.200 e. The van der Waals surface area contributed by atoms with Gasteiger partial charge in [0.25, 0.3) is 0 Å². The fourth-order valence-electron chi connectivity index (χ4n) is 1.64. The number of hydrazine groups is 1. The molecule has 0 aromatic heterocycles. The lowest BCUT2D eigenvalue weighted by molar-refractivity contribution is 0.427. The highest BCUT2D eigenvalue weighted by Crippen LogP contribution is 2.24. The standard InChI is InChI=1S/C12H13F2N3O/c1-7-5-11(16-6-10(7)17-15)18-12-8(13)3-2-4-9(12)14/h2-4,6-7,17H,5,15H2,1H3. The lowest BCUT2D eigenvalue weighted by Gasteiger charge is -2.20. The molecule has 2 rings (SSSR count). The molecule has 4 nitrogen and oxygen atoms in total. The van der Waals surface area contributed by atoms with Gasteiger partial charge in [0, 0.05) is 18.0 Å². The summed E-state index contributed by atoms with van der Waals surface area (Å²) in [6.45, 7) is 1.90. The third-order valence-electron chi connectivity index (χ3n) is 2.66. The Kier molecular flexibility index (Phi) is 3.57. The van der Waals surface area contributed by atoms with E-state index in [1.807, 2.05) is 6.92 Å². The van der Waals surface area contributed by atoms with Crippen molar-refractivity contribution in [2.24, 2.45) is 16.8 Å². The first-order valence-electron chi connectivity index (χ1n) is 5.47. The quantitative estimate of drug-likeness (QED) is 0.626. The molecule has 96 valence electrons. The van der Waals surface area contributed by atoms with E-state index in [9.17, 15) is 8.78 Å². The average Bonchev–Trinajstić information content (AvgIpc) is 2.34. The van der Waals surface area contributed by atoms with Gasteiger partial charge in [-0.15, -0.1) is 0 Å². The lowest BCUT2D eigenvalue weighted by atomic mass is 10.0. The molecule has 0 spiro atoms. The number of para-hydroxylation sites is 1. The van der Waals surface area contributed by atoms with Crippen molar-refractivity contribution in [1.82, 2.24) is 5.43 Å². The number of ether oxygens (including phenoxy) is 1. The molecule has 0 bridgehead atoms. The molecular weight excluding hydrogens is 240 g/mol. The molecule has 1 heterocycles. The molecule has 1 atom stereocenters. The van der Waals surface area contributed by atoms with Gasteiger partial charge in [-0.05, 0) is 12.1 Å². The van der Waals surface area contributed by atoms with Crippen molar-refractivity contribution < 1.29 is 13.5 Å². The van der Waals surface area contributed by atoms with E-state index in [0.717, 1.165) is 17.8 Å². The van der Waals surface area contributed by atoms with E-state index in [1.165, 1.54) is 12.3 Å². The van der Waals surface area contributed by atoms with E-state index in [-0.39, 0.29) is 11.8 Å². The maximum Gasteiger partial charge on any atom is 0.200 e. The Morgan fingerprint density at radius 1 is 1.39 bits per heavy atom. The number of aliphatic imine (C=N–C) groups is 1. The summed E-state index contributed by atoms with van der Waals surface area (Å²) in [7, 11) is 0. The third kappa shape index (κ3) is 2.48. The lowest BCUT2D eigenvalue weighted by Crippen LogP contribution is -2.29. The summed E-state index contributed by atoms with van der Waals surface area (Å²) in [5.41, 5.74) is 3.26. The maximum absolute atomic E-state index is 13.4. The molecular formula is C12H13F2N3O. The number of nitrogens with zero attached hydrogens (tertiary/aromatic N) is 1. The van der Waals surface area contributed by atoms with Gasteiger partial charge >= 0.3 is 0 Å². The highest BCUT2D eigenvalue weighted by molar-refractivity contribution is 5.80. The number of hydrogen-bond acceptors (Lipinski definition) is 4. The number of halogens is 2. The van der Waals surface area contributed by atoms with Gasteiger partial charge in [-0.2, -0.15) is 0 Å². The Morgan fingerprint density at radius 3 is 2.61 bits per heavy atom. The summed E-state index contributed by atoms with van der Waals surface area (Å²) in [4.78, 5) is 3.97. The highest BCUT2D eigenvalue weighted by atomic mass is 19.1. The highest BCUT2D eigenvalue weighted by Gasteiger charge is 2.20. The van der Waals surface area contributed by atoms with Crippen LogP contribution in [0.4, 0.5) is 8.78 Å². The zero-order valence-corrected chi connectivity index (χ0v) is 9.78.